The van der Waals surface area contributed by atoms with E-state index in [0.717, 1.165) is 16.6 Å². The first kappa shape index (κ1) is 13.0. The van der Waals surface area contributed by atoms with Crippen LogP contribution in [0.2, 0.25) is 0 Å². The van der Waals surface area contributed by atoms with Crippen LogP contribution in [0.4, 0.5) is 4.39 Å². The van der Waals surface area contributed by atoms with Crippen LogP contribution in [0.3, 0.4) is 0 Å². The van der Waals surface area contributed by atoms with Crippen molar-refractivity contribution in [2.75, 3.05) is 0 Å². The van der Waals surface area contributed by atoms with Crippen LogP contribution in [0.1, 0.15) is 38.7 Å². The summed E-state index contributed by atoms with van der Waals surface area (Å²) < 4.78 is 13.8. The van der Waals surface area contributed by atoms with Crippen molar-refractivity contribution in [2.24, 2.45) is 5.41 Å². The van der Waals surface area contributed by atoms with Crippen molar-refractivity contribution in [1.82, 2.24) is 5.32 Å². The van der Waals surface area contributed by atoms with Gasteiger partial charge in [0.25, 0.3) is 0 Å². The van der Waals surface area contributed by atoms with Crippen molar-refractivity contribution < 1.29 is 4.39 Å². The summed E-state index contributed by atoms with van der Waals surface area (Å²) in [5.74, 6) is -0.192. The number of rotatable bonds is 3. The second kappa shape index (κ2) is 5.07. The number of hydrogen-bond donors (Lipinski definition) is 1. The lowest BCUT2D eigenvalue weighted by Gasteiger charge is -2.18. The van der Waals surface area contributed by atoms with Gasteiger partial charge in [-0.1, -0.05) is 35.8 Å². The molecule has 0 bridgehead atoms. The summed E-state index contributed by atoms with van der Waals surface area (Å²) in [4.78, 5) is 0. The highest BCUT2D eigenvalue weighted by Crippen LogP contribution is 2.37. The predicted octanol–water partition coefficient (Wildman–Crippen LogP) is 4.26. The first-order valence-electron chi connectivity index (χ1n) is 6.14. The largest absolute Gasteiger partial charge is 0.310 e. The molecule has 1 unspecified atom stereocenters. The van der Waals surface area contributed by atoms with E-state index < -0.39 is 0 Å². The van der Waals surface area contributed by atoms with Crippen molar-refractivity contribution in [3.8, 4) is 0 Å². The third-order valence-corrected chi connectivity index (χ3v) is 4.30. The molecule has 1 aromatic rings. The molecular weight excluding hydrogens is 281 g/mol. The van der Waals surface area contributed by atoms with Gasteiger partial charge in [-0.05, 0) is 42.4 Å². The maximum absolute atomic E-state index is 12.9. The normalized spacial score (nSPS) is 22.9. The highest BCUT2D eigenvalue weighted by atomic mass is 79.9. The summed E-state index contributed by atoms with van der Waals surface area (Å²) in [6.45, 7) is 5.45. The molecule has 1 atom stereocenters. The molecule has 0 heterocycles. The molecule has 1 fully saturated rings. The second-order valence-electron chi connectivity index (χ2n) is 5.72. The Morgan fingerprint density at radius 3 is 2.82 bits per heavy atom. The molecule has 1 aliphatic rings. The molecule has 17 heavy (non-hydrogen) atoms. The fourth-order valence-corrected chi connectivity index (χ4v) is 3.02. The van der Waals surface area contributed by atoms with Crippen LogP contribution in [0.15, 0.2) is 22.7 Å². The number of hydrogen-bond acceptors (Lipinski definition) is 1. The summed E-state index contributed by atoms with van der Waals surface area (Å²) >= 11 is 3.40. The van der Waals surface area contributed by atoms with E-state index in [0.29, 0.717) is 11.5 Å². The van der Waals surface area contributed by atoms with Gasteiger partial charge in [0.05, 0.1) is 0 Å². The monoisotopic (exact) mass is 299 g/mol. The summed E-state index contributed by atoms with van der Waals surface area (Å²) in [6.07, 6.45) is 3.76. The van der Waals surface area contributed by atoms with Gasteiger partial charge in [0, 0.05) is 17.1 Å². The van der Waals surface area contributed by atoms with E-state index in [-0.39, 0.29) is 5.82 Å². The van der Waals surface area contributed by atoms with Crippen LogP contribution in [0.25, 0.3) is 0 Å². The van der Waals surface area contributed by atoms with E-state index in [1.54, 1.807) is 0 Å². The van der Waals surface area contributed by atoms with E-state index in [4.69, 9.17) is 0 Å². The fraction of sp³-hybridized carbons (Fsp3) is 0.571. The van der Waals surface area contributed by atoms with Gasteiger partial charge in [-0.3, -0.25) is 0 Å². The minimum absolute atomic E-state index is 0.192. The van der Waals surface area contributed by atoms with Crippen molar-refractivity contribution >= 4 is 15.9 Å². The smallest absolute Gasteiger partial charge is 0.124 e. The van der Waals surface area contributed by atoms with Gasteiger partial charge in [0.15, 0.2) is 0 Å². The highest BCUT2D eigenvalue weighted by Gasteiger charge is 2.30. The zero-order valence-corrected chi connectivity index (χ0v) is 12.0. The molecule has 1 nitrogen and oxygen atoms in total. The average molecular weight is 300 g/mol. The Morgan fingerprint density at radius 1 is 1.47 bits per heavy atom. The Balaban J connectivity index is 1.90. The molecule has 1 aliphatic carbocycles. The molecule has 2 rings (SSSR count). The SMILES string of the molecule is CC1(C)CCC(NCc2ccc(F)cc2Br)C1. The van der Waals surface area contributed by atoms with Crippen molar-refractivity contribution in [1.29, 1.82) is 0 Å². The van der Waals surface area contributed by atoms with Gasteiger partial charge >= 0.3 is 0 Å². The van der Waals surface area contributed by atoms with Crippen LogP contribution in [-0.4, -0.2) is 6.04 Å². The Morgan fingerprint density at radius 2 is 2.24 bits per heavy atom. The lowest BCUT2D eigenvalue weighted by Crippen LogP contribution is -2.27. The molecule has 94 valence electrons. The molecule has 1 aromatic carbocycles. The van der Waals surface area contributed by atoms with E-state index in [9.17, 15) is 4.39 Å². The molecule has 0 aliphatic heterocycles. The topological polar surface area (TPSA) is 12.0 Å². The quantitative estimate of drug-likeness (QED) is 0.879. The summed E-state index contributed by atoms with van der Waals surface area (Å²) in [5.41, 5.74) is 1.59. The number of halogens is 2. The van der Waals surface area contributed by atoms with Gasteiger partial charge in [0.2, 0.25) is 0 Å². The maximum Gasteiger partial charge on any atom is 0.124 e. The lowest BCUT2D eigenvalue weighted by atomic mass is 9.92. The van der Waals surface area contributed by atoms with Crippen molar-refractivity contribution in [3.63, 3.8) is 0 Å². The minimum Gasteiger partial charge on any atom is -0.310 e. The van der Waals surface area contributed by atoms with E-state index in [2.05, 4.69) is 35.1 Å². The third-order valence-electron chi connectivity index (χ3n) is 3.56. The van der Waals surface area contributed by atoms with Gasteiger partial charge in [0.1, 0.15) is 5.82 Å². The van der Waals surface area contributed by atoms with Crippen molar-refractivity contribution in [3.05, 3.63) is 34.1 Å². The van der Waals surface area contributed by atoms with Crippen LogP contribution in [-0.2, 0) is 6.54 Å². The van der Waals surface area contributed by atoms with Crippen LogP contribution < -0.4 is 5.32 Å². The summed E-state index contributed by atoms with van der Waals surface area (Å²) in [6, 6.07) is 5.48. The van der Waals surface area contributed by atoms with Gasteiger partial charge in [-0.15, -0.1) is 0 Å². The van der Waals surface area contributed by atoms with Gasteiger partial charge in [-0.25, -0.2) is 4.39 Å². The number of benzene rings is 1. The number of nitrogens with one attached hydrogen (secondary N) is 1. The van der Waals surface area contributed by atoms with Gasteiger partial charge in [-0.2, -0.15) is 0 Å². The minimum atomic E-state index is -0.192. The first-order valence-corrected chi connectivity index (χ1v) is 6.93. The zero-order valence-electron chi connectivity index (χ0n) is 10.4. The molecule has 0 aromatic heterocycles. The van der Waals surface area contributed by atoms with Gasteiger partial charge < -0.3 is 5.32 Å². The van der Waals surface area contributed by atoms with Crippen LogP contribution >= 0.6 is 15.9 Å². The van der Waals surface area contributed by atoms with E-state index in [1.165, 1.54) is 31.4 Å². The molecular formula is C14H19BrFN. The predicted molar refractivity (Wildman–Crippen MR) is 72.4 cm³/mol. The Hall–Kier alpha value is -0.410. The maximum atomic E-state index is 12.9. The highest BCUT2D eigenvalue weighted by molar-refractivity contribution is 9.10. The average Bonchev–Trinajstić information content (AvgIpc) is 2.57. The van der Waals surface area contributed by atoms with Crippen molar-refractivity contribution in [2.45, 2.75) is 45.7 Å². The molecule has 0 radical (unpaired) electrons. The molecule has 1 saturated carbocycles. The van der Waals surface area contributed by atoms with E-state index >= 15 is 0 Å². The second-order valence-corrected chi connectivity index (χ2v) is 6.57. The molecule has 0 amide bonds. The molecule has 0 spiro atoms. The van der Waals surface area contributed by atoms with Crippen LogP contribution in [0, 0.1) is 11.2 Å². The molecule has 3 heteroatoms. The Labute approximate surface area is 111 Å². The standard InChI is InChI=1S/C14H19BrFN/c1-14(2)6-5-12(8-14)17-9-10-3-4-11(16)7-13(10)15/h3-4,7,12,17H,5-6,8-9H2,1-2H3. The Bertz CT molecular complexity index is 403. The zero-order chi connectivity index (χ0) is 12.5. The van der Waals surface area contributed by atoms with Crippen LogP contribution in [0.5, 0.6) is 0 Å². The fourth-order valence-electron chi connectivity index (χ4n) is 2.53. The third kappa shape index (κ3) is 3.52. The molecule has 0 saturated heterocycles. The Kier molecular flexibility index (Phi) is 3.88. The lowest BCUT2D eigenvalue weighted by molar-refractivity contribution is 0.364. The molecule has 1 N–H and O–H groups in total. The summed E-state index contributed by atoms with van der Waals surface area (Å²) in [7, 11) is 0. The van der Waals surface area contributed by atoms with E-state index in [1.807, 2.05) is 6.07 Å². The first-order chi connectivity index (χ1) is 7.96. The summed E-state index contributed by atoms with van der Waals surface area (Å²) in [5, 5.41) is 3.56.